The number of nitrogens with one attached hydrogen (secondary N) is 1. The third-order valence-corrected chi connectivity index (χ3v) is 3.78. The maximum absolute atomic E-state index is 11.6. The normalized spacial score (nSPS) is 17.4. The second kappa shape index (κ2) is 5.44. The van der Waals surface area contributed by atoms with E-state index in [0.717, 1.165) is 19.3 Å². The fourth-order valence-corrected chi connectivity index (χ4v) is 2.65. The van der Waals surface area contributed by atoms with E-state index in [1.165, 1.54) is 12.3 Å². The molecule has 0 bridgehead atoms. The highest BCUT2D eigenvalue weighted by Crippen LogP contribution is 2.35. The van der Waals surface area contributed by atoms with Gasteiger partial charge in [-0.1, -0.05) is 19.3 Å². The Labute approximate surface area is 116 Å². The summed E-state index contributed by atoms with van der Waals surface area (Å²) in [5.41, 5.74) is -0.841. The minimum absolute atomic E-state index is 0.0410. The van der Waals surface area contributed by atoms with Gasteiger partial charge in [0.15, 0.2) is 0 Å². The first-order valence-electron chi connectivity index (χ1n) is 6.58. The predicted molar refractivity (Wildman–Crippen MR) is 72.7 cm³/mol. The molecule has 0 aliphatic heterocycles. The summed E-state index contributed by atoms with van der Waals surface area (Å²) in [7, 11) is 0. The average molecular weight is 279 g/mol. The van der Waals surface area contributed by atoms with E-state index in [2.05, 4.69) is 10.3 Å². The topological polar surface area (TPSA) is 105 Å². The minimum atomic E-state index is -1.15. The van der Waals surface area contributed by atoms with Crippen molar-refractivity contribution in [3.63, 3.8) is 0 Å². The first-order chi connectivity index (χ1) is 9.46. The van der Waals surface area contributed by atoms with E-state index in [0.29, 0.717) is 18.4 Å². The lowest BCUT2D eigenvalue weighted by molar-refractivity contribution is -0.384. The highest BCUT2D eigenvalue weighted by Gasteiger charge is 2.41. The number of nitrogens with zero attached hydrogens (tertiary/aromatic N) is 2. The maximum atomic E-state index is 11.6. The number of hydrogen-bond acceptors (Lipinski definition) is 5. The quantitative estimate of drug-likeness (QED) is 0.648. The van der Waals surface area contributed by atoms with Crippen LogP contribution in [0, 0.1) is 17.0 Å². The summed E-state index contributed by atoms with van der Waals surface area (Å²) in [4.78, 5) is 26.2. The second-order valence-corrected chi connectivity index (χ2v) is 5.16. The lowest BCUT2D eigenvalue weighted by Crippen LogP contribution is -2.48. The van der Waals surface area contributed by atoms with E-state index in [9.17, 15) is 20.0 Å². The number of aryl methyl sites for hydroxylation is 1. The Morgan fingerprint density at radius 1 is 1.45 bits per heavy atom. The molecule has 20 heavy (non-hydrogen) atoms. The van der Waals surface area contributed by atoms with Gasteiger partial charge in [0.25, 0.3) is 0 Å². The Morgan fingerprint density at radius 3 is 2.65 bits per heavy atom. The molecule has 0 radical (unpaired) electrons. The zero-order valence-electron chi connectivity index (χ0n) is 11.3. The Kier molecular flexibility index (Phi) is 3.87. The van der Waals surface area contributed by atoms with E-state index in [-0.39, 0.29) is 11.5 Å². The van der Waals surface area contributed by atoms with Crippen molar-refractivity contribution >= 4 is 17.5 Å². The number of carboxylic acid groups (broad SMARTS) is 1. The fourth-order valence-electron chi connectivity index (χ4n) is 2.65. The van der Waals surface area contributed by atoms with Gasteiger partial charge in [0.1, 0.15) is 5.54 Å². The van der Waals surface area contributed by atoms with E-state index in [4.69, 9.17) is 0 Å². The Balaban J connectivity index is 2.39. The van der Waals surface area contributed by atoms with E-state index in [1.54, 1.807) is 6.92 Å². The number of carbonyl (C=O) groups is 1. The number of pyridine rings is 1. The smallest absolute Gasteiger partial charge is 0.329 e. The van der Waals surface area contributed by atoms with Crippen LogP contribution in [0.15, 0.2) is 12.3 Å². The van der Waals surface area contributed by atoms with Crippen molar-refractivity contribution in [2.24, 2.45) is 0 Å². The van der Waals surface area contributed by atoms with Crippen LogP contribution in [0.3, 0.4) is 0 Å². The number of carboxylic acids is 1. The van der Waals surface area contributed by atoms with Gasteiger partial charge in [-0.3, -0.25) is 10.1 Å². The van der Waals surface area contributed by atoms with Crippen LogP contribution < -0.4 is 5.32 Å². The average Bonchev–Trinajstić information content (AvgIpc) is 2.39. The van der Waals surface area contributed by atoms with Crippen molar-refractivity contribution in [1.82, 2.24) is 4.98 Å². The van der Waals surface area contributed by atoms with Gasteiger partial charge < -0.3 is 10.4 Å². The third kappa shape index (κ3) is 2.56. The molecular formula is C13H17N3O4. The van der Waals surface area contributed by atoms with Gasteiger partial charge in [-0.05, 0) is 25.8 Å². The van der Waals surface area contributed by atoms with Crippen LogP contribution in [0.1, 0.15) is 37.7 Å². The molecule has 1 saturated carbocycles. The molecule has 0 aromatic carbocycles. The minimum Gasteiger partial charge on any atom is -0.480 e. The molecule has 2 N–H and O–H groups in total. The second-order valence-electron chi connectivity index (χ2n) is 5.16. The molecule has 1 aromatic heterocycles. The number of anilines is 1. The monoisotopic (exact) mass is 279 g/mol. The largest absolute Gasteiger partial charge is 0.480 e. The molecule has 108 valence electrons. The van der Waals surface area contributed by atoms with E-state index >= 15 is 0 Å². The molecule has 0 spiro atoms. The molecule has 7 heteroatoms. The number of aromatic nitrogens is 1. The summed E-state index contributed by atoms with van der Waals surface area (Å²) in [6, 6.07) is 1.54. The van der Waals surface area contributed by atoms with Crippen molar-refractivity contribution < 1.29 is 14.8 Å². The number of nitro groups is 1. The molecule has 0 saturated heterocycles. The third-order valence-electron chi connectivity index (χ3n) is 3.78. The summed E-state index contributed by atoms with van der Waals surface area (Å²) < 4.78 is 0. The van der Waals surface area contributed by atoms with Gasteiger partial charge in [0, 0.05) is 11.8 Å². The Bertz CT molecular complexity index is 538. The molecule has 0 atom stereocenters. The summed E-state index contributed by atoms with van der Waals surface area (Å²) >= 11 is 0. The van der Waals surface area contributed by atoms with Gasteiger partial charge in [-0.15, -0.1) is 0 Å². The van der Waals surface area contributed by atoms with Crippen molar-refractivity contribution in [3.8, 4) is 0 Å². The van der Waals surface area contributed by atoms with Gasteiger partial charge >= 0.3 is 11.7 Å². The molecule has 1 fully saturated rings. The number of aliphatic carboxylic acids is 1. The summed E-state index contributed by atoms with van der Waals surface area (Å²) in [6.07, 6.45) is 4.92. The number of hydrogen-bond donors (Lipinski definition) is 2. The van der Waals surface area contributed by atoms with Crippen LogP contribution in [0.2, 0.25) is 0 Å². The molecule has 2 rings (SSSR count). The highest BCUT2D eigenvalue weighted by molar-refractivity contribution is 5.83. The fraction of sp³-hybridized carbons (Fsp3) is 0.538. The van der Waals surface area contributed by atoms with Crippen LogP contribution in [-0.4, -0.2) is 26.5 Å². The molecule has 0 amide bonds. The van der Waals surface area contributed by atoms with E-state index < -0.39 is 16.4 Å². The molecule has 7 nitrogen and oxygen atoms in total. The predicted octanol–water partition coefficient (Wildman–Crippen LogP) is 2.50. The molecule has 1 aliphatic rings. The van der Waals surface area contributed by atoms with Gasteiger partial charge in [0.2, 0.25) is 5.82 Å². The van der Waals surface area contributed by atoms with Crippen LogP contribution in [0.4, 0.5) is 11.5 Å². The molecule has 0 unspecified atom stereocenters. The zero-order valence-corrected chi connectivity index (χ0v) is 11.3. The summed E-state index contributed by atoms with van der Waals surface area (Å²) in [6.45, 7) is 1.61. The van der Waals surface area contributed by atoms with Crippen LogP contribution in [-0.2, 0) is 4.79 Å². The summed E-state index contributed by atoms with van der Waals surface area (Å²) in [5, 5.41) is 23.5. The van der Waals surface area contributed by atoms with Crippen LogP contribution in [0.5, 0.6) is 0 Å². The van der Waals surface area contributed by atoms with Crippen molar-refractivity contribution in [3.05, 3.63) is 27.9 Å². The van der Waals surface area contributed by atoms with Gasteiger partial charge in [-0.25, -0.2) is 9.78 Å². The Hall–Kier alpha value is -2.18. The van der Waals surface area contributed by atoms with Crippen LogP contribution in [0.25, 0.3) is 0 Å². The van der Waals surface area contributed by atoms with Gasteiger partial charge in [-0.2, -0.15) is 0 Å². The molecule has 1 heterocycles. The zero-order chi connectivity index (χ0) is 14.8. The van der Waals surface area contributed by atoms with Crippen molar-refractivity contribution in [1.29, 1.82) is 0 Å². The highest BCUT2D eigenvalue weighted by atomic mass is 16.6. The molecule has 1 aliphatic carbocycles. The molecular weight excluding hydrogens is 262 g/mol. The summed E-state index contributed by atoms with van der Waals surface area (Å²) in [5.74, 6) is -0.936. The number of rotatable bonds is 4. The lowest BCUT2D eigenvalue weighted by atomic mass is 9.81. The first kappa shape index (κ1) is 14.2. The molecule has 1 aromatic rings. The standard InChI is InChI=1S/C13H17N3O4/c1-9-5-8-14-11(10(9)16(19)20)15-13(12(17)18)6-3-2-4-7-13/h5,8H,2-4,6-7H2,1H3,(H,14,15)(H,17,18). The van der Waals surface area contributed by atoms with Crippen molar-refractivity contribution in [2.75, 3.05) is 5.32 Å². The SMILES string of the molecule is Cc1ccnc(NC2(C(=O)O)CCCCC2)c1[N+](=O)[O-]. The Morgan fingerprint density at radius 2 is 2.10 bits per heavy atom. The maximum Gasteiger partial charge on any atom is 0.329 e. The van der Waals surface area contributed by atoms with Crippen molar-refractivity contribution in [2.45, 2.75) is 44.6 Å². The van der Waals surface area contributed by atoms with Gasteiger partial charge in [0.05, 0.1) is 4.92 Å². The lowest BCUT2D eigenvalue weighted by Gasteiger charge is -2.34. The first-order valence-corrected chi connectivity index (χ1v) is 6.58. The van der Waals surface area contributed by atoms with E-state index in [1.807, 2.05) is 0 Å². The van der Waals surface area contributed by atoms with Crippen LogP contribution >= 0.6 is 0 Å².